The largest absolute Gasteiger partial charge is 0.375 e. The Labute approximate surface area is 116 Å². The van der Waals surface area contributed by atoms with Crippen molar-refractivity contribution in [3.05, 3.63) is 28.2 Å². The molecule has 1 amide bonds. The Morgan fingerprint density at radius 2 is 2.22 bits per heavy atom. The predicted molar refractivity (Wildman–Crippen MR) is 75.3 cm³/mol. The van der Waals surface area contributed by atoms with Crippen molar-refractivity contribution in [2.24, 2.45) is 0 Å². The molecule has 0 aliphatic rings. The van der Waals surface area contributed by atoms with E-state index in [2.05, 4.69) is 27.3 Å². The Hall–Kier alpha value is -1.54. The minimum absolute atomic E-state index is 0.0289. The van der Waals surface area contributed by atoms with E-state index in [0.29, 0.717) is 5.56 Å². The van der Waals surface area contributed by atoms with Crippen LogP contribution in [0.15, 0.2) is 22.7 Å². The summed E-state index contributed by atoms with van der Waals surface area (Å²) in [6.07, 6.45) is 0. The van der Waals surface area contributed by atoms with Crippen LogP contribution in [0.25, 0.3) is 0 Å². The van der Waals surface area contributed by atoms with Crippen LogP contribution >= 0.6 is 15.9 Å². The van der Waals surface area contributed by atoms with Crippen LogP contribution in [0.3, 0.4) is 0 Å². The highest BCUT2D eigenvalue weighted by atomic mass is 79.9. The minimum Gasteiger partial charge on any atom is -0.375 e. The van der Waals surface area contributed by atoms with Gasteiger partial charge in [-0.05, 0) is 48.0 Å². The number of benzene rings is 1. The van der Waals surface area contributed by atoms with Gasteiger partial charge in [0.25, 0.3) is 0 Å². The Bertz CT molecular complexity index is 480. The van der Waals surface area contributed by atoms with E-state index >= 15 is 0 Å². The molecule has 1 rings (SSSR count). The van der Waals surface area contributed by atoms with Crippen molar-refractivity contribution in [2.45, 2.75) is 19.9 Å². The smallest absolute Gasteiger partial charge is 0.241 e. The van der Waals surface area contributed by atoms with E-state index < -0.39 is 0 Å². The van der Waals surface area contributed by atoms with Crippen molar-refractivity contribution in [3.8, 4) is 6.07 Å². The third-order valence-electron chi connectivity index (χ3n) is 2.70. The minimum atomic E-state index is 0.0289. The van der Waals surface area contributed by atoms with Crippen LogP contribution in [0.1, 0.15) is 19.4 Å². The van der Waals surface area contributed by atoms with Gasteiger partial charge in [-0.3, -0.25) is 4.79 Å². The van der Waals surface area contributed by atoms with Gasteiger partial charge in [0.15, 0.2) is 0 Å². The molecule has 0 radical (unpaired) electrons. The zero-order valence-corrected chi connectivity index (χ0v) is 12.3. The molecule has 0 spiro atoms. The first kappa shape index (κ1) is 14.5. The van der Waals surface area contributed by atoms with Crippen LogP contribution in [0.2, 0.25) is 0 Å². The van der Waals surface area contributed by atoms with Crippen LogP contribution in [0.5, 0.6) is 0 Å². The number of nitriles is 1. The van der Waals surface area contributed by atoms with Crippen molar-refractivity contribution < 1.29 is 4.79 Å². The summed E-state index contributed by atoms with van der Waals surface area (Å²) in [5, 5.41) is 11.8. The fourth-order valence-electron chi connectivity index (χ4n) is 1.31. The van der Waals surface area contributed by atoms with Gasteiger partial charge in [-0.15, -0.1) is 0 Å². The molecule has 1 aromatic rings. The molecule has 96 valence electrons. The number of nitrogens with zero attached hydrogens (tertiary/aromatic N) is 2. The van der Waals surface area contributed by atoms with Gasteiger partial charge in [-0.25, -0.2) is 0 Å². The molecule has 0 aromatic heterocycles. The highest BCUT2D eigenvalue weighted by Crippen LogP contribution is 2.23. The number of carbonyl (C=O) groups excluding carboxylic acids is 1. The Morgan fingerprint density at radius 3 is 2.72 bits per heavy atom. The van der Waals surface area contributed by atoms with Gasteiger partial charge in [0, 0.05) is 23.2 Å². The zero-order valence-electron chi connectivity index (χ0n) is 10.7. The molecular weight excluding hydrogens is 294 g/mol. The Morgan fingerprint density at radius 1 is 1.56 bits per heavy atom. The molecule has 0 fully saturated rings. The first-order valence-electron chi connectivity index (χ1n) is 5.65. The van der Waals surface area contributed by atoms with Crippen LogP contribution in [0, 0.1) is 11.3 Å². The van der Waals surface area contributed by atoms with Crippen molar-refractivity contribution in [1.82, 2.24) is 4.90 Å². The summed E-state index contributed by atoms with van der Waals surface area (Å²) in [7, 11) is 1.78. The molecule has 1 N–H and O–H groups in total. The second-order valence-corrected chi connectivity index (χ2v) is 5.11. The summed E-state index contributed by atoms with van der Waals surface area (Å²) in [6, 6.07) is 7.46. The summed E-state index contributed by atoms with van der Waals surface area (Å²) in [4.78, 5) is 13.5. The van der Waals surface area contributed by atoms with E-state index in [9.17, 15) is 4.79 Å². The Kier molecular flexibility index (Phi) is 5.17. The molecule has 0 saturated carbocycles. The number of rotatable bonds is 4. The molecule has 18 heavy (non-hydrogen) atoms. The molecule has 0 aliphatic heterocycles. The maximum Gasteiger partial charge on any atom is 0.241 e. The van der Waals surface area contributed by atoms with E-state index in [0.717, 1.165) is 10.2 Å². The van der Waals surface area contributed by atoms with Crippen LogP contribution in [-0.4, -0.2) is 30.4 Å². The topological polar surface area (TPSA) is 56.1 Å². The van der Waals surface area contributed by atoms with Crippen molar-refractivity contribution in [1.29, 1.82) is 5.26 Å². The lowest BCUT2D eigenvalue weighted by Crippen LogP contribution is -2.37. The normalized spacial score (nSPS) is 10.0. The number of amides is 1. The fourth-order valence-corrected chi connectivity index (χ4v) is 1.83. The summed E-state index contributed by atoms with van der Waals surface area (Å²) in [6.45, 7) is 4.17. The lowest BCUT2D eigenvalue weighted by atomic mass is 10.2. The third kappa shape index (κ3) is 3.74. The number of hydrogen-bond donors (Lipinski definition) is 1. The first-order valence-corrected chi connectivity index (χ1v) is 6.44. The van der Waals surface area contributed by atoms with E-state index in [1.807, 2.05) is 13.8 Å². The van der Waals surface area contributed by atoms with Gasteiger partial charge in [0.2, 0.25) is 5.91 Å². The van der Waals surface area contributed by atoms with Gasteiger partial charge in [-0.1, -0.05) is 0 Å². The van der Waals surface area contributed by atoms with E-state index in [1.54, 1.807) is 30.1 Å². The molecule has 0 unspecified atom stereocenters. The molecule has 0 bridgehead atoms. The molecule has 5 heteroatoms. The third-order valence-corrected chi connectivity index (χ3v) is 3.35. The standard InChI is InChI=1S/C13H16BrN3O/c1-9(2)17(3)13(18)8-16-12-5-4-10(7-15)6-11(12)14/h4-6,9,16H,8H2,1-3H3. The maximum atomic E-state index is 11.8. The second kappa shape index (κ2) is 6.41. The van der Waals surface area contributed by atoms with Crippen LogP contribution in [-0.2, 0) is 4.79 Å². The number of carbonyl (C=O) groups is 1. The van der Waals surface area contributed by atoms with Gasteiger partial charge in [0.1, 0.15) is 0 Å². The lowest BCUT2D eigenvalue weighted by Gasteiger charge is -2.22. The molecule has 1 aromatic carbocycles. The fraction of sp³-hybridized carbons (Fsp3) is 0.385. The summed E-state index contributed by atoms with van der Waals surface area (Å²) < 4.78 is 0.779. The van der Waals surface area contributed by atoms with Gasteiger partial charge >= 0.3 is 0 Å². The van der Waals surface area contributed by atoms with Crippen LogP contribution < -0.4 is 5.32 Å². The summed E-state index contributed by atoms with van der Waals surface area (Å²) in [5.41, 5.74) is 1.39. The number of anilines is 1. The molecule has 0 saturated heterocycles. The van der Waals surface area contributed by atoms with E-state index in [-0.39, 0.29) is 18.5 Å². The van der Waals surface area contributed by atoms with E-state index in [4.69, 9.17) is 5.26 Å². The second-order valence-electron chi connectivity index (χ2n) is 4.26. The summed E-state index contributed by atoms with van der Waals surface area (Å²) in [5.74, 6) is 0.0289. The summed E-state index contributed by atoms with van der Waals surface area (Å²) >= 11 is 3.37. The highest BCUT2D eigenvalue weighted by Gasteiger charge is 2.11. The Balaban J connectivity index is 2.65. The molecule has 0 atom stereocenters. The molecule has 4 nitrogen and oxygen atoms in total. The average Bonchev–Trinajstić information content (AvgIpc) is 2.35. The number of nitrogens with one attached hydrogen (secondary N) is 1. The van der Waals surface area contributed by atoms with Gasteiger partial charge in [-0.2, -0.15) is 5.26 Å². The van der Waals surface area contributed by atoms with Crippen LogP contribution in [0.4, 0.5) is 5.69 Å². The lowest BCUT2D eigenvalue weighted by molar-refractivity contribution is -0.129. The number of halogens is 1. The average molecular weight is 310 g/mol. The van der Waals surface area contributed by atoms with Crippen molar-refractivity contribution in [3.63, 3.8) is 0 Å². The molecule has 0 heterocycles. The SMILES string of the molecule is CC(C)N(C)C(=O)CNc1ccc(C#N)cc1Br. The number of likely N-dealkylation sites (N-methyl/N-ethyl adjacent to an activating group) is 1. The van der Waals surface area contributed by atoms with Crippen molar-refractivity contribution >= 4 is 27.5 Å². The van der Waals surface area contributed by atoms with E-state index in [1.165, 1.54) is 0 Å². The molecular formula is C13H16BrN3O. The van der Waals surface area contributed by atoms with Gasteiger partial charge < -0.3 is 10.2 Å². The van der Waals surface area contributed by atoms with Crippen molar-refractivity contribution in [2.75, 3.05) is 18.9 Å². The monoisotopic (exact) mass is 309 g/mol. The quantitative estimate of drug-likeness (QED) is 0.930. The zero-order chi connectivity index (χ0) is 13.7. The molecule has 0 aliphatic carbocycles. The van der Waals surface area contributed by atoms with Gasteiger partial charge in [0.05, 0.1) is 18.2 Å². The first-order chi connectivity index (χ1) is 8.45. The maximum absolute atomic E-state index is 11.8. The highest BCUT2D eigenvalue weighted by molar-refractivity contribution is 9.10. The number of hydrogen-bond acceptors (Lipinski definition) is 3. The predicted octanol–water partition coefficient (Wildman–Crippen LogP) is 2.60.